The molecule has 4 rings (SSSR count). The lowest BCUT2D eigenvalue weighted by Crippen LogP contribution is -2.23. The summed E-state index contributed by atoms with van der Waals surface area (Å²) in [6, 6.07) is 24.1. The van der Waals surface area contributed by atoms with Gasteiger partial charge in [-0.15, -0.1) is 0 Å². The van der Waals surface area contributed by atoms with Crippen LogP contribution in [0, 0.1) is 11.3 Å². The molecule has 1 heterocycles. The maximum Gasteiger partial charge on any atom is 0.256 e. The van der Waals surface area contributed by atoms with E-state index in [9.17, 15) is 14.9 Å². The van der Waals surface area contributed by atoms with Crippen LogP contribution in [-0.2, 0) is 4.79 Å². The molecular formula is C24H19N3O2S. The molecule has 5 nitrogen and oxygen atoms in total. The molecule has 0 radical (unpaired) electrons. The molecule has 1 aliphatic heterocycles. The summed E-state index contributed by atoms with van der Waals surface area (Å²) in [6.07, 6.45) is 1.46. The smallest absolute Gasteiger partial charge is 0.256 e. The summed E-state index contributed by atoms with van der Waals surface area (Å²) >= 11 is 1.40. The van der Waals surface area contributed by atoms with Crippen LogP contribution in [0.25, 0.3) is 0 Å². The van der Waals surface area contributed by atoms with E-state index in [1.165, 1.54) is 11.8 Å². The Bertz CT molecular complexity index is 1140. The van der Waals surface area contributed by atoms with Crippen molar-refractivity contribution in [3.8, 4) is 6.07 Å². The molecule has 1 fully saturated rings. The van der Waals surface area contributed by atoms with Gasteiger partial charge in [-0.1, -0.05) is 36.0 Å². The number of nitriles is 1. The average Bonchev–Trinajstić information content (AvgIpc) is 3.21. The summed E-state index contributed by atoms with van der Waals surface area (Å²) in [5.74, 6) is -0.0899. The van der Waals surface area contributed by atoms with Crippen molar-refractivity contribution in [1.29, 1.82) is 5.26 Å². The van der Waals surface area contributed by atoms with E-state index in [0.717, 1.165) is 28.4 Å². The summed E-state index contributed by atoms with van der Waals surface area (Å²) in [5.41, 5.74) is 2.62. The number of hydrogen-bond donors (Lipinski definition) is 1. The Morgan fingerprint density at radius 3 is 2.37 bits per heavy atom. The second-order valence-electron chi connectivity index (χ2n) is 6.86. The molecule has 2 amide bonds. The minimum absolute atomic E-state index is 0.135. The van der Waals surface area contributed by atoms with Gasteiger partial charge in [-0.3, -0.25) is 9.59 Å². The zero-order chi connectivity index (χ0) is 20.9. The van der Waals surface area contributed by atoms with Crippen LogP contribution < -0.4 is 10.2 Å². The number of nitrogens with zero attached hydrogens (tertiary/aromatic N) is 2. The number of benzene rings is 3. The highest BCUT2D eigenvalue weighted by Gasteiger charge is 2.21. The lowest BCUT2D eigenvalue weighted by molar-refractivity contribution is -0.117. The van der Waals surface area contributed by atoms with E-state index in [0.29, 0.717) is 23.2 Å². The van der Waals surface area contributed by atoms with E-state index in [1.807, 2.05) is 48.5 Å². The Morgan fingerprint density at radius 2 is 1.67 bits per heavy atom. The van der Waals surface area contributed by atoms with Gasteiger partial charge in [-0.25, -0.2) is 0 Å². The normalized spacial score (nSPS) is 13.2. The minimum atomic E-state index is -0.225. The molecule has 0 bridgehead atoms. The molecule has 0 spiro atoms. The Balaban J connectivity index is 1.52. The fourth-order valence-corrected chi connectivity index (χ4v) is 4.38. The monoisotopic (exact) mass is 413 g/mol. The van der Waals surface area contributed by atoms with Gasteiger partial charge in [0.1, 0.15) is 6.07 Å². The van der Waals surface area contributed by atoms with Crippen LogP contribution in [0.15, 0.2) is 82.6 Å². The average molecular weight is 414 g/mol. The largest absolute Gasteiger partial charge is 0.322 e. The topological polar surface area (TPSA) is 73.2 Å². The predicted molar refractivity (Wildman–Crippen MR) is 118 cm³/mol. The number of anilines is 2. The highest BCUT2D eigenvalue weighted by Crippen LogP contribution is 2.33. The molecule has 3 aromatic carbocycles. The van der Waals surface area contributed by atoms with E-state index in [-0.39, 0.29) is 11.8 Å². The maximum absolute atomic E-state index is 12.9. The van der Waals surface area contributed by atoms with Crippen LogP contribution in [0.5, 0.6) is 0 Å². The van der Waals surface area contributed by atoms with Crippen LogP contribution in [-0.4, -0.2) is 18.4 Å². The lowest BCUT2D eigenvalue weighted by Gasteiger charge is -2.16. The van der Waals surface area contributed by atoms with Gasteiger partial charge in [0.25, 0.3) is 5.91 Å². The van der Waals surface area contributed by atoms with Gasteiger partial charge in [-0.05, 0) is 55.0 Å². The number of carbonyl (C=O) groups is 2. The molecule has 1 saturated heterocycles. The van der Waals surface area contributed by atoms with Gasteiger partial charge in [-0.2, -0.15) is 5.26 Å². The molecule has 0 aromatic heterocycles. The van der Waals surface area contributed by atoms with Crippen molar-refractivity contribution in [3.63, 3.8) is 0 Å². The molecule has 3 aromatic rings. The van der Waals surface area contributed by atoms with E-state index in [1.54, 1.807) is 29.2 Å². The Hall–Kier alpha value is -3.56. The first-order valence-corrected chi connectivity index (χ1v) is 10.4. The lowest BCUT2D eigenvalue weighted by atomic mass is 10.2. The zero-order valence-corrected chi connectivity index (χ0v) is 17.0. The molecule has 0 saturated carbocycles. The van der Waals surface area contributed by atoms with Gasteiger partial charge in [0.15, 0.2) is 0 Å². The molecule has 6 heteroatoms. The second kappa shape index (κ2) is 8.85. The summed E-state index contributed by atoms with van der Waals surface area (Å²) in [6.45, 7) is 0.735. The van der Waals surface area contributed by atoms with Crippen molar-refractivity contribution in [3.05, 3.63) is 83.9 Å². The van der Waals surface area contributed by atoms with Gasteiger partial charge in [0.2, 0.25) is 5.91 Å². The van der Waals surface area contributed by atoms with E-state index in [4.69, 9.17) is 0 Å². The number of rotatable bonds is 5. The van der Waals surface area contributed by atoms with Gasteiger partial charge < -0.3 is 10.2 Å². The standard InChI is InChI=1S/C24H19N3O2S/c25-16-17-6-1-3-8-21(17)30-22-9-4-2-7-20(22)24(29)26-18-11-13-19(14-12-18)27-15-5-10-23(27)28/h1-4,6-9,11-14H,5,10,15H2,(H,26,29). The fourth-order valence-electron chi connectivity index (χ4n) is 3.35. The van der Waals surface area contributed by atoms with Gasteiger partial charge in [0.05, 0.1) is 11.1 Å². The van der Waals surface area contributed by atoms with Crippen LogP contribution >= 0.6 is 11.8 Å². The molecule has 0 aliphatic carbocycles. The summed E-state index contributed by atoms with van der Waals surface area (Å²) in [4.78, 5) is 28.2. The molecule has 1 aliphatic rings. The summed E-state index contributed by atoms with van der Waals surface area (Å²) < 4.78 is 0. The first-order chi connectivity index (χ1) is 14.7. The van der Waals surface area contributed by atoms with Crippen LogP contribution in [0.2, 0.25) is 0 Å². The van der Waals surface area contributed by atoms with Crippen molar-refractivity contribution in [1.82, 2.24) is 0 Å². The third kappa shape index (κ3) is 4.22. The number of amides is 2. The quantitative estimate of drug-likeness (QED) is 0.632. The third-order valence-corrected chi connectivity index (χ3v) is 6.02. The van der Waals surface area contributed by atoms with Crippen LogP contribution in [0.1, 0.15) is 28.8 Å². The van der Waals surface area contributed by atoms with E-state index in [2.05, 4.69) is 11.4 Å². The number of carbonyl (C=O) groups excluding carboxylic acids is 2. The first kappa shape index (κ1) is 19.7. The number of hydrogen-bond acceptors (Lipinski definition) is 4. The molecule has 148 valence electrons. The highest BCUT2D eigenvalue weighted by atomic mass is 32.2. The Labute approximate surface area is 179 Å². The maximum atomic E-state index is 12.9. The van der Waals surface area contributed by atoms with E-state index >= 15 is 0 Å². The third-order valence-electron chi connectivity index (χ3n) is 4.87. The zero-order valence-electron chi connectivity index (χ0n) is 16.2. The van der Waals surface area contributed by atoms with E-state index < -0.39 is 0 Å². The van der Waals surface area contributed by atoms with Crippen molar-refractivity contribution in [2.75, 3.05) is 16.8 Å². The number of nitrogens with one attached hydrogen (secondary N) is 1. The second-order valence-corrected chi connectivity index (χ2v) is 7.94. The molecule has 0 atom stereocenters. The van der Waals surface area contributed by atoms with Crippen LogP contribution in [0.3, 0.4) is 0 Å². The molecule has 0 unspecified atom stereocenters. The van der Waals surface area contributed by atoms with Crippen LogP contribution in [0.4, 0.5) is 11.4 Å². The SMILES string of the molecule is N#Cc1ccccc1Sc1ccccc1C(=O)Nc1ccc(N2CCCC2=O)cc1. The fraction of sp³-hybridized carbons (Fsp3) is 0.125. The highest BCUT2D eigenvalue weighted by molar-refractivity contribution is 7.99. The summed E-state index contributed by atoms with van der Waals surface area (Å²) in [7, 11) is 0. The van der Waals surface area contributed by atoms with Crippen molar-refractivity contribution in [2.24, 2.45) is 0 Å². The predicted octanol–water partition coefficient (Wildman–Crippen LogP) is 5.09. The van der Waals surface area contributed by atoms with Crippen molar-refractivity contribution >= 4 is 35.0 Å². The Kier molecular flexibility index (Phi) is 5.82. The molecule has 30 heavy (non-hydrogen) atoms. The first-order valence-electron chi connectivity index (χ1n) is 9.63. The molecule has 1 N–H and O–H groups in total. The minimum Gasteiger partial charge on any atom is -0.322 e. The molecular weight excluding hydrogens is 394 g/mol. The Morgan fingerprint density at radius 1 is 0.967 bits per heavy atom. The van der Waals surface area contributed by atoms with Gasteiger partial charge >= 0.3 is 0 Å². The van der Waals surface area contributed by atoms with Crippen molar-refractivity contribution in [2.45, 2.75) is 22.6 Å². The van der Waals surface area contributed by atoms with Gasteiger partial charge in [0, 0.05) is 34.1 Å². The van der Waals surface area contributed by atoms with Crippen molar-refractivity contribution < 1.29 is 9.59 Å². The summed E-state index contributed by atoms with van der Waals surface area (Å²) in [5, 5.41) is 12.2.